The molecule has 74 valence electrons. The van der Waals surface area contributed by atoms with Crippen LogP contribution < -0.4 is 10.6 Å². The van der Waals surface area contributed by atoms with Gasteiger partial charge in [-0.15, -0.1) is 0 Å². The highest BCUT2D eigenvalue weighted by molar-refractivity contribution is 5.00. The largest absolute Gasteiger partial charge is 0.317 e. The van der Waals surface area contributed by atoms with Crippen LogP contribution in [0.15, 0.2) is 0 Å². The first-order valence-electron chi connectivity index (χ1n) is 5.63. The molecule has 2 bridgehead atoms. The number of likely N-dealkylation sites (tertiary alicyclic amines) is 1. The van der Waals surface area contributed by atoms with E-state index in [2.05, 4.69) is 15.5 Å². The summed E-state index contributed by atoms with van der Waals surface area (Å²) >= 11 is 0. The normalized spacial score (nSPS) is 41.5. The van der Waals surface area contributed by atoms with E-state index in [4.69, 9.17) is 0 Å². The molecule has 3 fully saturated rings. The van der Waals surface area contributed by atoms with Crippen molar-refractivity contribution in [2.75, 3.05) is 26.2 Å². The van der Waals surface area contributed by atoms with Crippen molar-refractivity contribution in [1.29, 1.82) is 0 Å². The van der Waals surface area contributed by atoms with Gasteiger partial charge < -0.3 is 10.6 Å². The maximum Gasteiger partial charge on any atom is 0.0239 e. The van der Waals surface area contributed by atoms with Crippen LogP contribution in [0.5, 0.6) is 0 Å². The lowest BCUT2D eigenvalue weighted by Gasteiger charge is -2.37. The quantitative estimate of drug-likeness (QED) is 0.586. The summed E-state index contributed by atoms with van der Waals surface area (Å²) < 4.78 is 0. The number of hydrogen-bond donors (Lipinski definition) is 2. The molecule has 0 aromatic carbocycles. The van der Waals surface area contributed by atoms with Gasteiger partial charge in [0.2, 0.25) is 0 Å². The first kappa shape index (κ1) is 8.21. The van der Waals surface area contributed by atoms with Crippen LogP contribution in [0.1, 0.15) is 19.3 Å². The zero-order chi connectivity index (χ0) is 8.67. The number of rotatable bonds is 1. The van der Waals surface area contributed by atoms with Gasteiger partial charge >= 0.3 is 0 Å². The molecule has 0 aromatic rings. The molecular formula is C10H19N3. The Morgan fingerprint density at radius 3 is 2.54 bits per heavy atom. The third kappa shape index (κ3) is 1.39. The highest BCUT2D eigenvalue weighted by Gasteiger charge is 2.40. The fourth-order valence-electron chi connectivity index (χ4n) is 3.18. The molecule has 0 aliphatic carbocycles. The van der Waals surface area contributed by atoms with Crippen molar-refractivity contribution in [3.63, 3.8) is 0 Å². The number of hydrogen-bond acceptors (Lipinski definition) is 3. The van der Waals surface area contributed by atoms with Crippen LogP contribution in [0.3, 0.4) is 0 Å². The first-order valence-corrected chi connectivity index (χ1v) is 5.63. The van der Waals surface area contributed by atoms with Gasteiger partial charge in [0.15, 0.2) is 0 Å². The zero-order valence-electron chi connectivity index (χ0n) is 8.13. The van der Waals surface area contributed by atoms with Crippen LogP contribution in [-0.2, 0) is 0 Å². The molecule has 0 radical (unpaired) electrons. The molecule has 3 rings (SSSR count). The Bertz CT molecular complexity index is 189. The number of nitrogens with zero attached hydrogens (tertiary/aromatic N) is 1. The highest BCUT2D eigenvalue weighted by Crippen LogP contribution is 2.28. The van der Waals surface area contributed by atoms with E-state index in [0.717, 1.165) is 18.1 Å². The summed E-state index contributed by atoms with van der Waals surface area (Å²) in [6.07, 6.45) is 4.14. The van der Waals surface area contributed by atoms with Gasteiger partial charge in [-0.2, -0.15) is 0 Å². The van der Waals surface area contributed by atoms with Crippen LogP contribution in [0.25, 0.3) is 0 Å². The van der Waals surface area contributed by atoms with Crippen LogP contribution in [0.2, 0.25) is 0 Å². The van der Waals surface area contributed by atoms with Crippen LogP contribution in [0, 0.1) is 0 Å². The number of fused-ring (bicyclic) bond motifs is 2. The van der Waals surface area contributed by atoms with E-state index < -0.39 is 0 Å². The van der Waals surface area contributed by atoms with Gasteiger partial charge in [0, 0.05) is 31.2 Å². The Morgan fingerprint density at radius 2 is 1.92 bits per heavy atom. The van der Waals surface area contributed by atoms with Gasteiger partial charge in [-0.3, -0.25) is 4.90 Å². The summed E-state index contributed by atoms with van der Waals surface area (Å²) in [5.41, 5.74) is 0. The summed E-state index contributed by atoms with van der Waals surface area (Å²) in [5.74, 6) is 0. The predicted molar refractivity (Wildman–Crippen MR) is 52.8 cm³/mol. The molecule has 3 saturated heterocycles. The summed E-state index contributed by atoms with van der Waals surface area (Å²) in [6.45, 7) is 5.02. The number of nitrogens with one attached hydrogen (secondary N) is 2. The molecular weight excluding hydrogens is 162 g/mol. The molecule has 3 heterocycles. The molecule has 0 aromatic heterocycles. The minimum Gasteiger partial charge on any atom is -0.317 e. The van der Waals surface area contributed by atoms with Crippen molar-refractivity contribution in [2.45, 2.75) is 37.4 Å². The number of piperazine rings is 1. The Hall–Kier alpha value is -0.120. The van der Waals surface area contributed by atoms with E-state index in [9.17, 15) is 0 Å². The van der Waals surface area contributed by atoms with Gasteiger partial charge in [0.25, 0.3) is 0 Å². The van der Waals surface area contributed by atoms with Crippen LogP contribution >= 0.6 is 0 Å². The Kier molecular flexibility index (Phi) is 2.04. The summed E-state index contributed by atoms with van der Waals surface area (Å²) in [5, 5.41) is 7.01. The monoisotopic (exact) mass is 181 g/mol. The van der Waals surface area contributed by atoms with Gasteiger partial charge in [-0.1, -0.05) is 0 Å². The molecule has 2 N–H and O–H groups in total. The lowest BCUT2D eigenvalue weighted by Crippen LogP contribution is -2.51. The van der Waals surface area contributed by atoms with E-state index in [-0.39, 0.29) is 0 Å². The average molecular weight is 181 g/mol. The third-order valence-electron chi connectivity index (χ3n) is 3.88. The maximum absolute atomic E-state index is 3.57. The molecule has 0 spiro atoms. The summed E-state index contributed by atoms with van der Waals surface area (Å²) in [4.78, 5) is 2.77. The van der Waals surface area contributed by atoms with Crippen molar-refractivity contribution in [1.82, 2.24) is 15.5 Å². The fourth-order valence-corrected chi connectivity index (χ4v) is 3.18. The van der Waals surface area contributed by atoms with E-state index in [1.807, 2.05) is 0 Å². The summed E-state index contributed by atoms with van der Waals surface area (Å²) in [6, 6.07) is 2.58. The lowest BCUT2D eigenvalue weighted by atomic mass is 10.0. The SMILES string of the molecule is C1CC(N2CC3CC2CN3)CCN1. The van der Waals surface area contributed by atoms with Crippen molar-refractivity contribution >= 4 is 0 Å². The molecule has 2 atom stereocenters. The van der Waals surface area contributed by atoms with Crippen molar-refractivity contribution in [3.8, 4) is 0 Å². The first-order chi connectivity index (χ1) is 6.43. The average Bonchev–Trinajstić information content (AvgIpc) is 2.80. The number of piperidine rings is 1. The highest BCUT2D eigenvalue weighted by atomic mass is 15.3. The van der Waals surface area contributed by atoms with E-state index >= 15 is 0 Å². The minimum atomic E-state index is 0.819. The van der Waals surface area contributed by atoms with Crippen molar-refractivity contribution < 1.29 is 0 Å². The maximum atomic E-state index is 3.57. The van der Waals surface area contributed by atoms with E-state index in [1.54, 1.807) is 0 Å². The molecule has 13 heavy (non-hydrogen) atoms. The second-order valence-electron chi connectivity index (χ2n) is 4.67. The molecule has 3 aliphatic heterocycles. The molecule has 0 amide bonds. The second kappa shape index (κ2) is 3.23. The van der Waals surface area contributed by atoms with Gasteiger partial charge in [-0.05, 0) is 32.4 Å². The predicted octanol–water partition coefficient (Wildman–Crippen LogP) is -0.215. The third-order valence-corrected chi connectivity index (χ3v) is 3.88. The Labute approximate surface area is 79.9 Å². The summed E-state index contributed by atoms with van der Waals surface area (Å²) in [7, 11) is 0. The van der Waals surface area contributed by atoms with Crippen LogP contribution in [-0.4, -0.2) is 49.2 Å². The topological polar surface area (TPSA) is 27.3 Å². The molecule has 0 saturated carbocycles. The molecule has 3 heteroatoms. The smallest absolute Gasteiger partial charge is 0.0239 e. The van der Waals surface area contributed by atoms with Crippen molar-refractivity contribution in [3.05, 3.63) is 0 Å². The van der Waals surface area contributed by atoms with E-state index in [1.165, 1.54) is 45.4 Å². The lowest BCUT2D eigenvalue weighted by molar-refractivity contribution is 0.131. The Balaban J connectivity index is 1.65. The molecule has 3 aliphatic rings. The van der Waals surface area contributed by atoms with Crippen molar-refractivity contribution in [2.24, 2.45) is 0 Å². The minimum absolute atomic E-state index is 0.819. The fraction of sp³-hybridized carbons (Fsp3) is 1.00. The zero-order valence-corrected chi connectivity index (χ0v) is 8.13. The Morgan fingerprint density at radius 1 is 1.08 bits per heavy atom. The molecule has 3 nitrogen and oxygen atoms in total. The van der Waals surface area contributed by atoms with Gasteiger partial charge in [-0.25, -0.2) is 0 Å². The standard InChI is InChI=1S/C10H19N3/c1-3-11-4-2-9(1)13-7-8-5-10(13)6-12-8/h8-12H,1-7H2. The van der Waals surface area contributed by atoms with Crippen LogP contribution in [0.4, 0.5) is 0 Å². The van der Waals surface area contributed by atoms with Gasteiger partial charge in [0.05, 0.1) is 0 Å². The second-order valence-corrected chi connectivity index (χ2v) is 4.67. The molecule has 2 unspecified atom stereocenters. The van der Waals surface area contributed by atoms with E-state index in [0.29, 0.717) is 0 Å². The van der Waals surface area contributed by atoms with Gasteiger partial charge in [0.1, 0.15) is 0 Å².